The Kier molecular flexibility index (Phi) is 4.65. The Bertz CT molecular complexity index is 1010. The van der Waals surface area contributed by atoms with Crippen molar-refractivity contribution in [1.29, 1.82) is 0 Å². The van der Waals surface area contributed by atoms with Crippen LogP contribution in [-0.4, -0.2) is 24.3 Å². The number of aromatic nitrogens is 1. The Hall–Kier alpha value is -2.02. The highest BCUT2D eigenvalue weighted by atomic mass is 32.2. The molecular formula is C20H20N2O2S2. The van der Waals surface area contributed by atoms with Gasteiger partial charge in [0.05, 0.1) is 6.04 Å². The monoisotopic (exact) mass is 384 g/mol. The molecule has 0 N–H and O–H groups in total. The minimum absolute atomic E-state index is 0.342. The van der Waals surface area contributed by atoms with E-state index in [9.17, 15) is 8.42 Å². The molecule has 4 nitrogen and oxygen atoms in total. The molecule has 0 aliphatic carbocycles. The maximum Gasteiger partial charge on any atom is 0.253 e. The zero-order valence-corrected chi connectivity index (χ0v) is 16.1. The highest BCUT2D eigenvalue weighted by molar-refractivity contribution is 7.91. The van der Waals surface area contributed by atoms with Crippen LogP contribution in [0.2, 0.25) is 0 Å². The van der Waals surface area contributed by atoms with Crippen LogP contribution in [0.25, 0.3) is 0 Å². The molecule has 6 heteroatoms. The van der Waals surface area contributed by atoms with Crippen molar-refractivity contribution >= 4 is 21.4 Å². The summed E-state index contributed by atoms with van der Waals surface area (Å²) in [7, 11) is -3.57. The van der Waals surface area contributed by atoms with Gasteiger partial charge in [-0.1, -0.05) is 37.3 Å². The maximum atomic E-state index is 13.4. The molecule has 4 rings (SSSR count). The van der Waals surface area contributed by atoms with Gasteiger partial charge < -0.3 is 0 Å². The number of nitrogens with zero attached hydrogens (tertiary/aromatic N) is 2. The maximum absolute atomic E-state index is 13.4. The minimum atomic E-state index is -3.57. The average molecular weight is 385 g/mol. The van der Waals surface area contributed by atoms with Gasteiger partial charge in [-0.3, -0.25) is 4.98 Å². The number of thiophene rings is 1. The number of aryl methyl sites for hydroxylation is 1. The first-order chi connectivity index (χ1) is 12.6. The van der Waals surface area contributed by atoms with E-state index in [1.165, 1.54) is 16.9 Å². The Morgan fingerprint density at radius 2 is 2.00 bits per heavy atom. The van der Waals surface area contributed by atoms with E-state index in [1.807, 2.05) is 43.3 Å². The van der Waals surface area contributed by atoms with Crippen LogP contribution in [0, 0.1) is 0 Å². The number of hydrogen-bond donors (Lipinski definition) is 0. The van der Waals surface area contributed by atoms with E-state index in [2.05, 4.69) is 11.1 Å². The van der Waals surface area contributed by atoms with Gasteiger partial charge in [0.15, 0.2) is 0 Å². The normalized spacial score (nSPS) is 17.8. The highest BCUT2D eigenvalue weighted by Gasteiger charge is 2.38. The smallest absolute Gasteiger partial charge is 0.253 e. The number of fused-ring (bicyclic) bond motifs is 1. The van der Waals surface area contributed by atoms with Crippen LogP contribution in [0.4, 0.5) is 0 Å². The van der Waals surface area contributed by atoms with Crippen molar-refractivity contribution in [2.24, 2.45) is 0 Å². The fourth-order valence-electron chi connectivity index (χ4n) is 3.49. The molecule has 2 aromatic heterocycles. The third-order valence-corrected chi connectivity index (χ3v) is 8.35. The third-order valence-electron chi connectivity index (χ3n) is 4.79. The summed E-state index contributed by atoms with van der Waals surface area (Å²) < 4.78 is 28.9. The summed E-state index contributed by atoms with van der Waals surface area (Å²) in [6.45, 7) is 2.51. The summed E-state index contributed by atoms with van der Waals surface area (Å²) in [5.74, 6) is 0. The van der Waals surface area contributed by atoms with Gasteiger partial charge >= 0.3 is 0 Å². The molecule has 134 valence electrons. The van der Waals surface area contributed by atoms with E-state index < -0.39 is 10.0 Å². The summed E-state index contributed by atoms with van der Waals surface area (Å²) in [6.07, 6.45) is 5.04. The molecule has 0 saturated carbocycles. The van der Waals surface area contributed by atoms with Crippen LogP contribution in [-0.2, 0) is 22.9 Å². The number of sulfonamides is 1. The number of benzene rings is 1. The predicted octanol–water partition coefficient (Wildman–Crippen LogP) is 4.04. The summed E-state index contributed by atoms with van der Waals surface area (Å²) in [6, 6.07) is 15.2. The quantitative estimate of drug-likeness (QED) is 0.682. The predicted molar refractivity (Wildman–Crippen MR) is 104 cm³/mol. The SMILES string of the molecule is CCc1ccc(S(=O)(=O)N2CCc3ccccc3C2c2cccnc2)s1. The molecule has 3 aromatic rings. The third kappa shape index (κ3) is 2.98. The first-order valence-corrected chi connectivity index (χ1v) is 10.9. The van der Waals surface area contributed by atoms with Gasteiger partial charge in [-0.2, -0.15) is 4.31 Å². The van der Waals surface area contributed by atoms with Crippen LogP contribution in [0.1, 0.15) is 34.5 Å². The van der Waals surface area contributed by atoms with E-state index in [-0.39, 0.29) is 6.04 Å². The van der Waals surface area contributed by atoms with Crippen LogP contribution < -0.4 is 0 Å². The Labute approximate surface area is 158 Å². The molecule has 1 unspecified atom stereocenters. The van der Waals surface area contributed by atoms with Gasteiger partial charge in [0.2, 0.25) is 0 Å². The standard InChI is InChI=1S/C20H20N2O2S2/c1-2-17-9-10-19(25-17)26(23,24)22-13-11-15-6-3-4-8-18(15)20(22)16-7-5-12-21-14-16/h3-10,12,14,20H,2,11,13H2,1H3. The molecule has 3 heterocycles. The second-order valence-electron chi connectivity index (χ2n) is 6.33. The van der Waals surface area contributed by atoms with E-state index >= 15 is 0 Å². The van der Waals surface area contributed by atoms with Crippen LogP contribution in [0.15, 0.2) is 65.1 Å². The van der Waals surface area contributed by atoms with Gasteiger partial charge in [-0.25, -0.2) is 8.42 Å². The van der Waals surface area contributed by atoms with E-state index in [0.29, 0.717) is 10.8 Å². The van der Waals surface area contributed by atoms with Crippen molar-refractivity contribution in [3.05, 3.63) is 82.5 Å². The lowest BCUT2D eigenvalue weighted by molar-refractivity contribution is 0.344. The highest BCUT2D eigenvalue weighted by Crippen LogP contribution is 2.39. The largest absolute Gasteiger partial charge is 0.264 e. The summed E-state index contributed by atoms with van der Waals surface area (Å²) >= 11 is 1.37. The Morgan fingerprint density at radius 3 is 2.73 bits per heavy atom. The van der Waals surface area contributed by atoms with E-state index in [4.69, 9.17) is 0 Å². The molecule has 26 heavy (non-hydrogen) atoms. The zero-order chi connectivity index (χ0) is 18.1. The number of pyridine rings is 1. The fraction of sp³-hybridized carbons (Fsp3) is 0.250. The summed E-state index contributed by atoms with van der Waals surface area (Å²) in [4.78, 5) is 5.30. The van der Waals surface area contributed by atoms with Crippen LogP contribution >= 0.6 is 11.3 Å². The minimum Gasteiger partial charge on any atom is -0.264 e. The van der Waals surface area contributed by atoms with Crippen LogP contribution in [0.5, 0.6) is 0 Å². The van der Waals surface area contributed by atoms with Crippen molar-refractivity contribution in [2.75, 3.05) is 6.54 Å². The molecule has 1 atom stereocenters. The second-order valence-corrected chi connectivity index (χ2v) is 9.61. The molecule has 0 fully saturated rings. The molecule has 0 saturated heterocycles. The fourth-order valence-corrected chi connectivity index (χ4v) is 6.51. The molecule has 0 radical (unpaired) electrons. The lowest BCUT2D eigenvalue weighted by Crippen LogP contribution is -2.40. The topological polar surface area (TPSA) is 50.3 Å². The summed E-state index contributed by atoms with van der Waals surface area (Å²) in [5.41, 5.74) is 3.14. The zero-order valence-electron chi connectivity index (χ0n) is 14.5. The van der Waals surface area contributed by atoms with Crippen molar-refractivity contribution in [2.45, 2.75) is 30.0 Å². The van der Waals surface area contributed by atoms with Gasteiger partial charge in [-0.05, 0) is 47.7 Å². The number of hydrogen-bond acceptors (Lipinski definition) is 4. The molecule has 0 spiro atoms. The first kappa shape index (κ1) is 17.4. The van der Waals surface area contributed by atoms with Gasteiger partial charge in [0.25, 0.3) is 10.0 Å². The molecule has 0 amide bonds. The van der Waals surface area contributed by atoms with Crippen molar-refractivity contribution in [3.8, 4) is 0 Å². The van der Waals surface area contributed by atoms with Gasteiger partial charge in [0.1, 0.15) is 4.21 Å². The van der Waals surface area contributed by atoms with E-state index in [0.717, 1.165) is 28.8 Å². The Morgan fingerprint density at radius 1 is 1.15 bits per heavy atom. The molecule has 1 aromatic carbocycles. The van der Waals surface area contributed by atoms with Gasteiger partial charge in [-0.15, -0.1) is 11.3 Å². The molecular weight excluding hydrogens is 364 g/mol. The lowest BCUT2D eigenvalue weighted by Gasteiger charge is -2.36. The Balaban J connectivity index is 1.84. The number of rotatable bonds is 4. The average Bonchev–Trinajstić information content (AvgIpc) is 3.18. The van der Waals surface area contributed by atoms with Crippen molar-refractivity contribution < 1.29 is 8.42 Å². The lowest BCUT2D eigenvalue weighted by atomic mass is 9.91. The first-order valence-electron chi connectivity index (χ1n) is 8.69. The van der Waals surface area contributed by atoms with Crippen LogP contribution in [0.3, 0.4) is 0 Å². The van der Waals surface area contributed by atoms with Crippen molar-refractivity contribution in [3.63, 3.8) is 0 Å². The van der Waals surface area contributed by atoms with E-state index in [1.54, 1.807) is 22.8 Å². The second kappa shape index (κ2) is 6.95. The summed E-state index contributed by atoms with van der Waals surface area (Å²) in [5, 5.41) is 0. The molecule has 1 aliphatic rings. The molecule has 0 bridgehead atoms. The molecule has 1 aliphatic heterocycles. The van der Waals surface area contributed by atoms with Gasteiger partial charge in [0, 0.05) is 23.8 Å². The van der Waals surface area contributed by atoms with Crippen molar-refractivity contribution in [1.82, 2.24) is 9.29 Å².